The van der Waals surface area contributed by atoms with E-state index in [2.05, 4.69) is 42.9 Å². The lowest BCUT2D eigenvalue weighted by molar-refractivity contribution is -0.129. The van der Waals surface area contributed by atoms with Gasteiger partial charge in [0.25, 0.3) is 0 Å². The summed E-state index contributed by atoms with van der Waals surface area (Å²) in [6.07, 6.45) is 1.66. The molecule has 0 N–H and O–H groups in total. The van der Waals surface area contributed by atoms with Crippen molar-refractivity contribution < 1.29 is 14.3 Å². The van der Waals surface area contributed by atoms with Crippen LogP contribution in [0.5, 0.6) is 5.75 Å². The molecule has 3 aromatic carbocycles. The lowest BCUT2D eigenvalue weighted by atomic mass is 10.1. The van der Waals surface area contributed by atoms with Gasteiger partial charge in [0, 0.05) is 0 Å². The van der Waals surface area contributed by atoms with Crippen LogP contribution in [0.25, 0.3) is 6.08 Å². The Labute approximate surface area is 201 Å². The molecule has 7 heteroatoms. The highest BCUT2D eigenvalue weighted by Gasteiger charge is 2.25. The average Bonchev–Trinajstić information content (AvgIpc) is 3.08. The van der Waals surface area contributed by atoms with Crippen molar-refractivity contribution >= 4 is 61.4 Å². The summed E-state index contributed by atoms with van der Waals surface area (Å²) in [6.45, 7) is 2.49. The van der Waals surface area contributed by atoms with Gasteiger partial charge in [-0.2, -0.15) is 0 Å². The molecule has 0 aliphatic carbocycles. The summed E-state index contributed by atoms with van der Waals surface area (Å²) < 4.78 is 12.8. The Kier molecular flexibility index (Phi) is 6.60. The van der Waals surface area contributed by atoms with Gasteiger partial charge >= 0.3 is 5.97 Å². The van der Waals surface area contributed by atoms with E-state index >= 15 is 0 Å². The normalized spacial score (nSPS) is 14.5. The van der Waals surface area contributed by atoms with E-state index in [0.717, 1.165) is 20.1 Å². The molecule has 0 atom stereocenters. The van der Waals surface area contributed by atoms with Gasteiger partial charge in [-0.15, -0.1) is 0 Å². The molecule has 0 unspecified atom stereocenters. The molecule has 0 saturated heterocycles. The van der Waals surface area contributed by atoms with Crippen LogP contribution in [0.4, 0.5) is 0 Å². The lowest BCUT2D eigenvalue weighted by Crippen LogP contribution is -2.05. The molecule has 0 saturated carbocycles. The number of carbonyl (C=O) groups is 1. The zero-order valence-corrected chi connectivity index (χ0v) is 20.3. The number of hydrogen-bond donors (Lipinski definition) is 0. The third kappa shape index (κ3) is 5.09. The number of hydrogen-bond acceptors (Lipinski definition) is 4. The van der Waals surface area contributed by atoms with Crippen molar-refractivity contribution in [3.8, 4) is 5.75 Å². The van der Waals surface area contributed by atoms with Crippen LogP contribution in [0.15, 0.2) is 80.3 Å². The van der Waals surface area contributed by atoms with Crippen LogP contribution in [0.3, 0.4) is 0 Å². The molecular weight excluding hydrogens is 546 g/mol. The standard InChI is InChI=1S/C24H16Br2ClNO3/c1-14-5-4-6-15(9-14)13-30-22-18(25)10-16(11-19(22)26)12-21-24(29)31-23(28-21)17-7-2-3-8-20(17)27/h2-12H,13H2,1H3/b21-12-. The van der Waals surface area contributed by atoms with Gasteiger partial charge in [-0.3, -0.25) is 0 Å². The van der Waals surface area contributed by atoms with Crippen LogP contribution in [0.1, 0.15) is 22.3 Å². The maximum Gasteiger partial charge on any atom is 0.363 e. The monoisotopic (exact) mass is 559 g/mol. The number of aryl methyl sites for hydroxylation is 1. The molecule has 0 bridgehead atoms. The van der Waals surface area contributed by atoms with Crippen LogP contribution >= 0.6 is 43.5 Å². The highest BCUT2D eigenvalue weighted by molar-refractivity contribution is 9.11. The second kappa shape index (κ2) is 9.39. The number of aliphatic imine (C=N–C) groups is 1. The fourth-order valence-corrected chi connectivity index (χ4v) is 4.74. The van der Waals surface area contributed by atoms with Gasteiger partial charge in [-0.1, -0.05) is 53.6 Å². The number of nitrogens with zero attached hydrogens (tertiary/aromatic N) is 1. The Balaban J connectivity index is 1.57. The molecule has 4 rings (SSSR count). The molecule has 1 aliphatic heterocycles. The Morgan fingerprint density at radius 1 is 1.06 bits per heavy atom. The highest BCUT2D eigenvalue weighted by atomic mass is 79.9. The molecule has 0 aromatic heterocycles. The van der Waals surface area contributed by atoms with Gasteiger partial charge in [-0.05, 0) is 80.3 Å². The van der Waals surface area contributed by atoms with Gasteiger partial charge in [0.05, 0.1) is 19.5 Å². The number of carbonyl (C=O) groups excluding carboxylic acids is 1. The smallest absolute Gasteiger partial charge is 0.363 e. The molecule has 0 amide bonds. The fraction of sp³-hybridized carbons (Fsp3) is 0.0833. The summed E-state index contributed by atoms with van der Waals surface area (Å²) in [7, 11) is 0. The lowest BCUT2D eigenvalue weighted by Gasteiger charge is -2.12. The van der Waals surface area contributed by atoms with Crippen LogP contribution < -0.4 is 4.74 Å². The van der Waals surface area contributed by atoms with E-state index in [4.69, 9.17) is 21.1 Å². The fourth-order valence-electron chi connectivity index (χ4n) is 3.08. The predicted octanol–water partition coefficient (Wildman–Crippen LogP) is 7.10. The largest absolute Gasteiger partial charge is 0.487 e. The second-order valence-corrected chi connectivity index (χ2v) is 9.02. The average molecular weight is 562 g/mol. The number of rotatable bonds is 5. The van der Waals surface area contributed by atoms with Gasteiger partial charge in [0.15, 0.2) is 5.70 Å². The first-order valence-corrected chi connectivity index (χ1v) is 11.3. The van der Waals surface area contributed by atoms with Crippen molar-refractivity contribution in [3.63, 3.8) is 0 Å². The number of esters is 1. The summed E-state index contributed by atoms with van der Waals surface area (Å²) in [6, 6.07) is 19.0. The molecule has 4 nitrogen and oxygen atoms in total. The summed E-state index contributed by atoms with van der Waals surface area (Å²) in [5.41, 5.74) is 3.80. The second-order valence-electron chi connectivity index (χ2n) is 6.91. The first-order chi connectivity index (χ1) is 14.9. The molecule has 156 valence electrons. The van der Waals surface area contributed by atoms with Crippen molar-refractivity contribution in [2.45, 2.75) is 13.5 Å². The molecule has 0 spiro atoms. The quantitative estimate of drug-likeness (QED) is 0.247. The van der Waals surface area contributed by atoms with Gasteiger partial charge in [0.1, 0.15) is 12.4 Å². The van der Waals surface area contributed by atoms with Gasteiger partial charge in [0.2, 0.25) is 5.90 Å². The zero-order chi connectivity index (χ0) is 22.0. The van der Waals surface area contributed by atoms with E-state index in [0.29, 0.717) is 22.9 Å². The number of ether oxygens (including phenoxy) is 2. The molecule has 31 heavy (non-hydrogen) atoms. The minimum atomic E-state index is -0.526. The highest BCUT2D eigenvalue weighted by Crippen LogP contribution is 2.36. The Hall–Kier alpha value is -2.41. The van der Waals surface area contributed by atoms with Crippen LogP contribution in [-0.2, 0) is 16.1 Å². The Bertz CT molecular complexity index is 1210. The summed E-state index contributed by atoms with van der Waals surface area (Å²) in [5, 5.41) is 0.468. The molecule has 0 radical (unpaired) electrons. The van der Waals surface area contributed by atoms with E-state index in [9.17, 15) is 4.79 Å². The minimum absolute atomic E-state index is 0.193. The maximum absolute atomic E-state index is 12.3. The van der Waals surface area contributed by atoms with E-state index < -0.39 is 5.97 Å². The van der Waals surface area contributed by atoms with Crippen LogP contribution in [0.2, 0.25) is 5.02 Å². The topological polar surface area (TPSA) is 47.9 Å². The Morgan fingerprint density at radius 3 is 2.52 bits per heavy atom. The van der Waals surface area contributed by atoms with Crippen molar-refractivity contribution in [3.05, 3.63) is 103 Å². The van der Waals surface area contributed by atoms with E-state index in [1.165, 1.54) is 5.56 Å². The van der Waals surface area contributed by atoms with Crippen LogP contribution in [-0.4, -0.2) is 11.9 Å². The summed E-state index contributed by atoms with van der Waals surface area (Å²) >= 11 is 13.3. The minimum Gasteiger partial charge on any atom is -0.487 e. The summed E-state index contributed by atoms with van der Waals surface area (Å²) in [4.78, 5) is 16.6. The zero-order valence-electron chi connectivity index (χ0n) is 16.4. The first kappa shape index (κ1) is 21.8. The van der Waals surface area contributed by atoms with E-state index in [1.807, 2.05) is 43.3 Å². The number of benzene rings is 3. The number of cyclic esters (lactones) is 1. The van der Waals surface area contributed by atoms with Crippen molar-refractivity contribution in [2.24, 2.45) is 4.99 Å². The molecule has 1 heterocycles. The first-order valence-electron chi connectivity index (χ1n) is 9.35. The molecular formula is C24H16Br2ClNO3. The maximum atomic E-state index is 12.3. The van der Waals surface area contributed by atoms with E-state index in [-0.39, 0.29) is 11.6 Å². The third-order valence-electron chi connectivity index (χ3n) is 4.51. The SMILES string of the molecule is Cc1cccc(COc2c(Br)cc(/C=C3\N=C(c4ccccc4Cl)OC3=O)cc2Br)c1. The van der Waals surface area contributed by atoms with Crippen molar-refractivity contribution in [2.75, 3.05) is 0 Å². The van der Waals surface area contributed by atoms with Crippen LogP contribution in [0, 0.1) is 6.92 Å². The Morgan fingerprint density at radius 2 is 1.81 bits per heavy atom. The number of halogens is 3. The predicted molar refractivity (Wildman–Crippen MR) is 129 cm³/mol. The third-order valence-corrected chi connectivity index (χ3v) is 6.02. The molecule has 1 aliphatic rings. The molecule has 3 aromatic rings. The summed E-state index contributed by atoms with van der Waals surface area (Å²) in [5.74, 6) is 0.345. The van der Waals surface area contributed by atoms with Gasteiger partial charge < -0.3 is 9.47 Å². The van der Waals surface area contributed by atoms with Gasteiger partial charge in [-0.25, -0.2) is 9.79 Å². The molecule has 0 fully saturated rings. The van der Waals surface area contributed by atoms with E-state index in [1.54, 1.807) is 24.3 Å². The van der Waals surface area contributed by atoms with Crippen molar-refractivity contribution in [1.82, 2.24) is 0 Å². The van der Waals surface area contributed by atoms with Crippen molar-refractivity contribution in [1.29, 1.82) is 0 Å².